The molecule has 0 saturated heterocycles. The molecular formula is C34H44Cl4N2O6. The van der Waals surface area contributed by atoms with Crippen LogP contribution in [-0.4, -0.2) is 65.3 Å². The van der Waals surface area contributed by atoms with Crippen molar-refractivity contribution in [2.45, 2.75) is 76.7 Å². The number of benzene rings is 2. The Morgan fingerprint density at radius 1 is 0.739 bits per heavy atom. The third kappa shape index (κ3) is 10.6. The Morgan fingerprint density at radius 3 is 1.52 bits per heavy atom. The molecule has 2 unspecified atom stereocenters. The van der Waals surface area contributed by atoms with Gasteiger partial charge in [-0.3, -0.25) is 9.80 Å². The fourth-order valence-corrected chi connectivity index (χ4v) is 4.96. The lowest BCUT2D eigenvalue weighted by atomic mass is 9.86. The smallest absolute Gasteiger partial charge is 0.411 e. The number of halogens is 4. The fourth-order valence-electron chi connectivity index (χ4n) is 4.36. The summed E-state index contributed by atoms with van der Waals surface area (Å²) in [5, 5.41) is 11.5. The van der Waals surface area contributed by atoms with Gasteiger partial charge in [0.15, 0.2) is 6.29 Å². The van der Waals surface area contributed by atoms with Crippen molar-refractivity contribution in [2.24, 2.45) is 0 Å². The van der Waals surface area contributed by atoms with Crippen molar-refractivity contribution >= 4 is 64.9 Å². The van der Waals surface area contributed by atoms with E-state index in [2.05, 4.69) is 13.2 Å². The number of amides is 2. The van der Waals surface area contributed by atoms with E-state index in [-0.39, 0.29) is 13.0 Å². The number of carbonyl (C=O) groups excluding carboxylic acids is 3. The van der Waals surface area contributed by atoms with Crippen molar-refractivity contribution in [1.82, 2.24) is 9.80 Å². The van der Waals surface area contributed by atoms with E-state index in [0.717, 1.165) is 0 Å². The van der Waals surface area contributed by atoms with Crippen LogP contribution in [0.3, 0.4) is 0 Å². The van der Waals surface area contributed by atoms with Gasteiger partial charge in [0.2, 0.25) is 0 Å². The summed E-state index contributed by atoms with van der Waals surface area (Å²) in [6.07, 6.45) is 3.29. The topological polar surface area (TPSA) is 96.4 Å². The highest BCUT2D eigenvalue weighted by atomic mass is 35.5. The summed E-state index contributed by atoms with van der Waals surface area (Å²) in [4.78, 5) is 39.5. The van der Waals surface area contributed by atoms with E-state index >= 15 is 0 Å². The molecule has 2 atom stereocenters. The molecule has 2 rings (SSSR count). The van der Waals surface area contributed by atoms with Crippen LogP contribution in [0.25, 0.3) is 0 Å². The minimum Gasteiger partial charge on any atom is -0.444 e. The Hall–Kier alpha value is -2.75. The second kappa shape index (κ2) is 16.9. The van der Waals surface area contributed by atoms with Crippen LogP contribution in [0.5, 0.6) is 0 Å². The number of nitrogens with zero attached hydrogens (tertiary/aromatic N) is 2. The molecule has 1 N–H and O–H groups in total. The van der Waals surface area contributed by atoms with Gasteiger partial charge >= 0.3 is 12.2 Å². The fraction of sp³-hybridized carbons (Fsp3) is 0.441. The van der Waals surface area contributed by atoms with Crippen molar-refractivity contribution in [3.63, 3.8) is 0 Å². The molecule has 46 heavy (non-hydrogen) atoms. The van der Waals surface area contributed by atoms with E-state index in [9.17, 15) is 19.5 Å². The maximum Gasteiger partial charge on any atom is 0.411 e. The highest BCUT2D eigenvalue weighted by Crippen LogP contribution is 2.37. The molecule has 0 aliphatic carbocycles. The zero-order valence-corrected chi connectivity index (χ0v) is 30.7. The average Bonchev–Trinajstić information content (AvgIpc) is 2.95. The molecule has 0 saturated carbocycles. The van der Waals surface area contributed by atoms with Gasteiger partial charge in [-0.25, -0.2) is 9.59 Å². The number of aldehydes is 1. The maximum absolute atomic E-state index is 12.5. The number of aliphatic hydroxyl groups is 1. The lowest BCUT2D eigenvalue weighted by Gasteiger charge is -2.41. The van der Waals surface area contributed by atoms with Crippen LogP contribution in [0.4, 0.5) is 9.59 Å². The molecule has 0 aliphatic heterocycles. The summed E-state index contributed by atoms with van der Waals surface area (Å²) in [6.45, 7) is 17.7. The third-order valence-electron chi connectivity index (χ3n) is 6.85. The van der Waals surface area contributed by atoms with Gasteiger partial charge in [0.25, 0.3) is 0 Å². The van der Waals surface area contributed by atoms with Gasteiger partial charge in [0.1, 0.15) is 16.7 Å². The summed E-state index contributed by atoms with van der Waals surface area (Å²) in [5.41, 5.74) is -2.42. The van der Waals surface area contributed by atoms with Crippen molar-refractivity contribution in [3.05, 3.63) is 92.9 Å². The lowest BCUT2D eigenvalue weighted by Crippen LogP contribution is -2.51. The molecule has 0 heterocycles. The molecule has 0 fully saturated rings. The number of hydrogen-bond donors (Lipinski definition) is 1. The predicted molar refractivity (Wildman–Crippen MR) is 187 cm³/mol. The predicted octanol–water partition coefficient (Wildman–Crippen LogP) is 9.45. The number of likely N-dealkylation sites (N-methyl/N-ethyl adjacent to an activating group) is 2. The number of hydrogen-bond acceptors (Lipinski definition) is 6. The van der Waals surface area contributed by atoms with Crippen molar-refractivity contribution in [3.8, 4) is 0 Å². The van der Waals surface area contributed by atoms with Gasteiger partial charge in [-0.05, 0) is 89.8 Å². The first-order chi connectivity index (χ1) is 21.1. The zero-order chi connectivity index (χ0) is 35.7. The molecule has 0 spiro atoms. The largest absolute Gasteiger partial charge is 0.444 e. The Morgan fingerprint density at radius 2 is 1.15 bits per heavy atom. The van der Waals surface area contributed by atoms with E-state index in [1.807, 2.05) is 0 Å². The van der Waals surface area contributed by atoms with E-state index in [0.29, 0.717) is 43.9 Å². The van der Waals surface area contributed by atoms with Crippen molar-refractivity contribution < 1.29 is 29.0 Å². The summed E-state index contributed by atoms with van der Waals surface area (Å²) in [7, 11) is 3.09. The van der Waals surface area contributed by atoms with Crippen LogP contribution in [0.2, 0.25) is 20.1 Å². The van der Waals surface area contributed by atoms with Gasteiger partial charge in [-0.15, -0.1) is 13.2 Å². The van der Waals surface area contributed by atoms with Crippen LogP contribution in [-0.2, 0) is 25.3 Å². The van der Waals surface area contributed by atoms with Crippen molar-refractivity contribution in [2.75, 3.05) is 20.7 Å². The second-order valence-electron chi connectivity index (χ2n) is 12.6. The highest BCUT2D eigenvalue weighted by molar-refractivity contribution is 6.42. The van der Waals surface area contributed by atoms with E-state index in [4.69, 9.17) is 55.9 Å². The third-order valence-corrected chi connectivity index (χ3v) is 8.32. The van der Waals surface area contributed by atoms with Crippen LogP contribution in [0, 0.1) is 0 Å². The maximum atomic E-state index is 12.5. The first-order valence-corrected chi connectivity index (χ1v) is 15.8. The van der Waals surface area contributed by atoms with E-state index in [1.165, 1.54) is 16.8 Å². The molecule has 2 aromatic carbocycles. The number of carbonyl (C=O) groups is 3. The van der Waals surface area contributed by atoms with E-state index < -0.39 is 34.5 Å². The molecular weight excluding hydrogens is 674 g/mol. The minimum absolute atomic E-state index is 0.213. The SMILES string of the molecule is C=CCC(C=O)(c1ccc(Cl)c(Cl)c1)N(C)C(=O)OC(C)(C)C.C=CCC(CO)(c1ccc(Cl)c(Cl)c1)N(C)C(=O)OC(C)(C)C. The van der Waals surface area contributed by atoms with Crippen LogP contribution in [0.15, 0.2) is 61.7 Å². The Labute approximate surface area is 292 Å². The Kier molecular flexibility index (Phi) is 15.2. The van der Waals surface area contributed by atoms with Crippen LogP contribution < -0.4 is 0 Å². The first kappa shape index (κ1) is 41.3. The standard InChI is InChI=1S/C17H23Cl2NO3.C17H21Cl2NO3/c2*1-6-9-17(11-21,12-7-8-13(18)14(19)10-12)20(5)15(22)23-16(2,3)4/h6-8,10,21H,1,9,11H2,2-5H3;6-8,10-11H,1,9H2,2-5H3. The summed E-state index contributed by atoms with van der Waals surface area (Å²) in [6, 6.07) is 9.83. The van der Waals surface area contributed by atoms with Gasteiger partial charge in [0, 0.05) is 14.1 Å². The summed E-state index contributed by atoms with van der Waals surface area (Å²) < 4.78 is 10.8. The number of rotatable bonds is 10. The Balaban J connectivity index is 0.000000460. The lowest BCUT2D eigenvalue weighted by molar-refractivity contribution is -0.118. The summed E-state index contributed by atoms with van der Waals surface area (Å²) >= 11 is 24.0. The highest BCUT2D eigenvalue weighted by Gasteiger charge is 2.41. The summed E-state index contributed by atoms with van der Waals surface area (Å²) in [5.74, 6) is 0. The molecule has 8 nitrogen and oxygen atoms in total. The number of aliphatic hydroxyl groups excluding tert-OH is 1. The molecule has 0 aromatic heterocycles. The van der Waals surface area contributed by atoms with Crippen molar-refractivity contribution in [1.29, 1.82) is 0 Å². The van der Waals surface area contributed by atoms with Gasteiger partial charge in [0.05, 0.1) is 32.2 Å². The molecule has 2 aromatic rings. The quantitative estimate of drug-likeness (QED) is 0.194. The monoisotopic (exact) mass is 716 g/mol. The molecule has 0 aliphatic rings. The second-order valence-corrected chi connectivity index (χ2v) is 14.2. The molecule has 0 bridgehead atoms. The number of ether oxygens (including phenoxy) is 2. The van der Waals surface area contributed by atoms with E-state index in [1.54, 1.807) is 97.1 Å². The normalized spacial score (nSPS) is 13.9. The zero-order valence-electron chi connectivity index (χ0n) is 27.6. The molecule has 2 amide bonds. The van der Waals surface area contributed by atoms with Gasteiger partial charge in [-0.2, -0.15) is 0 Å². The first-order valence-electron chi connectivity index (χ1n) is 14.3. The van der Waals surface area contributed by atoms with Gasteiger partial charge in [-0.1, -0.05) is 70.7 Å². The van der Waals surface area contributed by atoms with Crippen LogP contribution in [0.1, 0.15) is 65.5 Å². The average molecular weight is 719 g/mol. The van der Waals surface area contributed by atoms with Gasteiger partial charge < -0.3 is 19.4 Å². The molecule has 12 heteroatoms. The molecule has 0 radical (unpaired) electrons. The Bertz CT molecular complexity index is 1400. The van der Waals surface area contributed by atoms with Crippen LogP contribution >= 0.6 is 46.4 Å². The minimum atomic E-state index is -1.27. The molecule has 254 valence electrons.